The molecular formula is C18H27ClN2OS. The predicted molar refractivity (Wildman–Crippen MR) is 99.2 cm³/mol. The molecule has 128 valence electrons. The third-order valence-electron chi connectivity index (χ3n) is 5.04. The number of rotatable bonds is 4. The van der Waals surface area contributed by atoms with E-state index in [1.54, 1.807) is 11.8 Å². The second kappa shape index (κ2) is 7.91. The number of thioether (sulfide) groups is 1. The fourth-order valence-electron chi connectivity index (χ4n) is 3.64. The first-order chi connectivity index (χ1) is 10.6. The molecule has 1 aromatic rings. The summed E-state index contributed by atoms with van der Waals surface area (Å²) in [6.45, 7) is 4.53. The maximum Gasteiger partial charge on any atom is 0.239 e. The minimum absolute atomic E-state index is 0. The normalized spacial score (nSPS) is 22.9. The first kappa shape index (κ1) is 18.6. The molecule has 1 unspecified atom stereocenters. The van der Waals surface area contributed by atoms with Crippen LogP contribution in [0, 0.1) is 12.8 Å². The first-order valence-electron chi connectivity index (χ1n) is 8.38. The molecule has 3 rings (SSSR count). The number of benzene rings is 1. The van der Waals surface area contributed by atoms with E-state index < -0.39 is 0 Å². The maximum atomic E-state index is 13.2. The van der Waals surface area contributed by atoms with Crippen LogP contribution in [-0.4, -0.2) is 35.2 Å². The summed E-state index contributed by atoms with van der Waals surface area (Å²) in [4.78, 5) is 16.5. The van der Waals surface area contributed by atoms with E-state index in [-0.39, 0.29) is 17.2 Å². The van der Waals surface area contributed by atoms with Gasteiger partial charge in [-0.1, -0.05) is 30.5 Å². The van der Waals surface area contributed by atoms with E-state index in [1.165, 1.54) is 23.3 Å². The lowest BCUT2D eigenvalue weighted by atomic mass is 10.1. The Balaban J connectivity index is 0.00000192. The van der Waals surface area contributed by atoms with Crippen molar-refractivity contribution in [1.82, 2.24) is 4.90 Å². The lowest BCUT2D eigenvalue weighted by Crippen LogP contribution is -2.44. The Morgan fingerprint density at radius 3 is 2.52 bits per heavy atom. The molecule has 23 heavy (non-hydrogen) atoms. The molecule has 2 fully saturated rings. The molecule has 0 radical (unpaired) electrons. The number of hydrogen-bond acceptors (Lipinski definition) is 3. The standard InChI is InChI=1S/C18H26N2OS.ClH/c1-14-4-6-16(7-5-14)22-18(9-2-3-10-18)17(21)20-11-8-15(12-19)13-20;/h4-7,15H,2-3,8-13,19H2,1H3;1H. The molecule has 1 saturated heterocycles. The number of amides is 1. The van der Waals surface area contributed by atoms with Crippen LogP contribution in [0.25, 0.3) is 0 Å². The number of nitrogens with two attached hydrogens (primary N) is 1. The number of halogens is 1. The fourth-order valence-corrected chi connectivity index (χ4v) is 5.07. The lowest BCUT2D eigenvalue weighted by molar-refractivity contribution is -0.132. The van der Waals surface area contributed by atoms with Crippen LogP contribution in [0.5, 0.6) is 0 Å². The summed E-state index contributed by atoms with van der Waals surface area (Å²) in [6.07, 6.45) is 5.41. The van der Waals surface area contributed by atoms with Crippen LogP contribution in [-0.2, 0) is 4.79 Å². The van der Waals surface area contributed by atoms with Crippen LogP contribution >= 0.6 is 24.2 Å². The highest BCUT2D eigenvalue weighted by Gasteiger charge is 2.45. The molecule has 1 heterocycles. The SMILES string of the molecule is Cc1ccc(SC2(C(=O)N3CCC(CN)C3)CCCC2)cc1.Cl. The van der Waals surface area contributed by atoms with Gasteiger partial charge in [0, 0.05) is 18.0 Å². The van der Waals surface area contributed by atoms with Gasteiger partial charge in [0.25, 0.3) is 0 Å². The summed E-state index contributed by atoms with van der Waals surface area (Å²) >= 11 is 1.79. The van der Waals surface area contributed by atoms with E-state index in [0.29, 0.717) is 18.4 Å². The number of aryl methyl sites for hydroxylation is 1. The minimum Gasteiger partial charge on any atom is -0.341 e. The summed E-state index contributed by atoms with van der Waals surface area (Å²) in [5, 5.41) is 0. The Hall–Kier alpha value is -0.710. The maximum absolute atomic E-state index is 13.2. The smallest absolute Gasteiger partial charge is 0.239 e. The van der Waals surface area contributed by atoms with Crippen molar-refractivity contribution in [3.8, 4) is 0 Å². The molecular weight excluding hydrogens is 328 g/mol. The van der Waals surface area contributed by atoms with Gasteiger partial charge >= 0.3 is 0 Å². The van der Waals surface area contributed by atoms with Crippen molar-refractivity contribution in [3.63, 3.8) is 0 Å². The zero-order valence-electron chi connectivity index (χ0n) is 13.8. The van der Waals surface area contributed by atoms with Gasteiger partial charge in [-0.15, -0.1) is 24.2 Å². The number of hydrogen-bond donors (Lipinski definition) is 1. The van der Waals surface area contributed by atoms with Crippen molar-refractivity contribution in [3.05, 3.63) is 29.8 Å². The average Bonchev–Trinajstić information content (AvgIpc) is 3.19. The van der Waals surface area contributed by atoms with E-state index in [2.05, 4.69) is 36.1 Å². The monoisotopic (exact) mass is 354 g/mol. The van der Waals surface area contributed by atoms with Crippen molar-refractivity contribution in [2.45, 2.75) is 48.7 Å². The van der Waals surface area contributed by atoms with E-state index in [4.69, 9.17) is 5.73 Å². The molecule has 2 N–H and O–H groups in total. The van der Waals surface area contributed by atoms with Gasteiger partial charge in [0.05, 0.1) is 4.75 Å². The predicted octanol–water partition coefficient (Wildman–Crippen LogP) is 3.63. The molecule has 1 aromatic carbocycles. The van der Waals surface area contributed by atoms with Crippen LogP contribution < -0.4 is 5.73 Å². The highest BCUT2D eigenvalue weighted by atomic mass is 35.5. The highest BCUT2D eigenvalue weighted by Crippen LogP contribution is 2.47. The first-order valence-corrected chi connectivity index (χ1v) is 9.20. The van der Waals surface area contributed by atoms with E-state index in [1.807, 2.05) is 0 Å². The number of nitrogens with zero attached hydrogens (tertiary/aromatic N) is 1. The van der Waals surface area contributed by atoms with E-state index in [0.717, 1.165) is 32.4 Å². The van der Waals surface area contributed by atoms with E-state index >= 15 is 0 Å². The summed E-state index contributed by atoms with van der Waals surface area (Å²) in [7, 11) is 0. The van der Waals surface area contributed by atoms with E-state index in [9.17, 15) is 4.79 Å². The molecule has 3 nitrogen and oxygen atoms in total. The van der Waals surface area contributed by atoms with Gasteiger partial charge in [0.15, 0.2) is 0 Å². The largest absolute Gasteiger partial charge is 0.341 e. The zero-order chi connectivity index (χ0) is 15.6. The number of likely N-dealkylation sites (tertiary alicyclic amines) is 1. The molecule has 1 atom stereocenters. The van der Waals surface area contributed by atoms with Gasteiger partial charge in [0.2, 0.25) is 5.91 Å². The topological polar surface area (TPSA) is 46.3 Å². The number of carbonyl (C=O) groups is 1. The second-order valence-corrected chi connectivity index (χ2v) is 8.22. The third kappa shape index (κ3) is 4.04. The average molecular weight is 355 g/mol. The van der Waals surface area contributed by atoms with Crippen molar-refractivity contribution in [1.29, 1.82) is 0 Å². The molecule has 1 amide bonds. The van der Waals surface area contributed by atoms with Gasteiger partial charge in [-0.25, -0.2) is 0 Å². The Kier molecular flexibility index (Phi) is 6.40. The van der Waals surface area contributed by atoms with Gasteiger partial charge in [-0.05, 0) is 50.8 Å². The second-order valence-electron chi connectivity index (χ2n) is 6.76. The molecule has 1 aliphatic heterocycles. The molecule has 1 aliphatic carbocycles. The van der Waals surface area contributed by atoms with Crippen molar-refractivity contribution in [2.75, 3.05) is 19.6 Å². The van der Waals surface area contributed by atoms with Crippen LogP contribution in [0.15, 0.2) is 29.2 Å². The Bertz CT molecular complexity index is 528. The van der Waals surface area contributed by atoms with Crippen LogP contribution in [0.2, 0.25) is 0 Å². The highest BCUT2D eigenvalue weighted by molar-refractivity contribution is 8.01. The summed E-state index contributed by atoms with van der Waals surface area (Å²) in [5.74, 6) is 0.846. The van der Waals surface area contributed by atoms with Crippen molar-refractivity contribution in [2.24, 2.45) is 11.7 Å². The Morgan fingerprint density at radius 1 is 1.30 bits per heavy atom. The molecule has 5 heteroatoms. The molecule has 0 bridgehead atoms. The zero-order valence-corrected chi connectivity index (χ0v) is 15.4. The van der Waals surface area contributed by atoms with Gasteiger partial charge in [-0.2, -0.15) is 0 Å². The Labute approximate surface area is 149 Å². The van der Waals surface area contributed by atoms with Gasteiger partial charge in [-0.3, -0.25) is 4.79 Å². The van der Waals surface area contributed by atoms with Crippen molar-refractivity contribution < 1.29 is 4.79 Å². The molecule has 2 aliphatic rings. The van der Waals surface area contributed by atoms with Crippen LogP contribution in [0.3, 0.4) is 0 Å². The van der Waals surface area contributed by atoms with Crippen LogP contribution in [0.4, 0.5) is 0 Å². The third-order valence-corrected chi connectivity index (χ3v) is 6.52. The summed E-state index contributed by atoms with van der Waals surface area (Å²) in [5.41, 5.74) is 7.04. The van der Waals surface area contributed by atoms with Crippen LogP contribution in [0.1, 0.15) is 37.7 Å². The quantitative estimate of drug-likeness (QED) is 0.898. The number of carbonyl (C=O) groups excluding carboxylic acids is 1. The summed E-state index contributed by atoms with van der Waals surface area (Å²) in [6, 6.07) is 8.57. The van der Waals surface area contributed by atoms with Gasteiger partial charge < -0.3 is 10.6 Å². The lowest BCUT2D eigenvalue weighted by Gasteiger charge is -2.32. The van der Waals surface area contributed by atoms with Gasteiger partial charge in [0.1, 0.15) is 0 Å². The molecule has 0 aromatic heterocycles. The minimum atomic E-state index is -0.237. The Morgan fingerprint density at radius 2 is 1.96 bits per heavy atom. The molecule has 0 spiro atoms. The molecule has 1 saturated carbocycles. The fraction of sp³-hybridized carbons (Fsp3) is 0.611. The van der Waals surface area contributed by atoms with Crippen molar-refractivity contribution >= 4 is 30.1 Å². The summed E-state index contributed by atoms with van der Waals surface area (Å²) < 4.78 is -0.237.